The largest absolute Gasteiger partial charge is 0.383 e. The van der Waals surface area contributed by atoms with Crippen molar-refractivity contribution >= 4 is 5.69 Å². The maximum atomic E-state index is 10.9. The highest BCUT2D eigenvalue weighted by atomic mass is 16.6. The maximum Gasteiger partial charge on any atom is 0.280 e. The lowest BCUT2D eigenvalue weighted by Crippen LogP contribution is -2.18. The maximum absolute atomic E-state index is 10.9. The third-order valence-corrected chi connectivity index (χ3v) is 2.57. The van der Waals surface area contributed by atoms with E-state index in [0.717, 1.165) is 0 Å². The molecule has 0 amide bonds. The summed E-state index contributed by atoms with van der Waals surface area (Å²) < 4.78 is 9.94. The second-order valence-electron chi connectivity index (χ2n) is 3.96. The van der Waals surface area contributed by atoms with Crippen molar-refractivity contribution in [3.05, 3.63) is 40.3 Å². The standard InChI is InChI=1S/C12H14N4O4/c1-19-7-6-13-8-11-14-12(15-20-11)9-4-2-3-5-10(9)16(17)18/h2-5,13H,6-8H2,1H3. The molecule has 8 heteroatoms. The van der Waals surface area contributed by atoms with Gasteiger partial charge in [-0.15, -0.1) is 0 Å². The Bertz CT molecular complexity index is 584. The van der Waals surface area contributed by atoms with Crippen LogP contribution in [0.15, 0.2) is 28.8 Å². The zero-order valence-electron chi connectivity index (χ0n) is 10.9. The van der Waals surface area contributed by atoms with E-state index in [2.05, 4.69) is 15.5 Å². The van der Waals surface area contributed by atoms with Crippen molar-refractivity contribution in [2.45, 2.75) is 6.54 Å². The van der Waals surface area contributed by atoms with Gasteiger partial charge in [0.25, 0.3) is 5.69 Å². The number of methoxy groups -OCH3 is 1. The predicted molar refractivity (Wildman–Crippen MR) is 70.0 cm³/mol. The highest BCUT2D eigenvalue weighted by molar-refractivity contribution is 5.67. The van der Waals surface area contributed by atoms with Crippen LogP contribution in [0.2, 0.25) is 0 Å². The van der Waals surface area contributed by atoms with Gasteiger partial charge in [0.05, 0.1) is 18.1 Å². The zero-order valence-corrected chi connectivity index (χ0v) is 10.9. The van der Waals surface area contributed by atoms with Crippen molar-refractivity contribution in [2.75, 3.05) is 20.3 Å². The number of benzene rings is 1. The summed E-state index contributed by atoms with van der Waals surface area (Å²) in [7, 11) is 1.61. The Balaban J connectivity index is 2.11. The molecule has 2 aromatic rings. The minimum absolute atomic E-state index is 0.0489. The molecule has 0 fully saturated rings. The first-order valence-corrected chi connectivity index (χ1v) is 5.98. The summed E-state index contributed by atoms with van der Waals surface area (Å²) in [5.41, 5.74) is 0.289. The fourth-order valence-corrected chi connectivity index (χ4v) is 1.63. The minimum atomic E-state index is -0.470. The lowest BCUT2D eigenvalue weighted by atomic mass is 10.2. The number of rotatable bonds is 7. The van der Waals surface area contributed by atoms with E-state index in [1.807, 2.05) is 0 Å². The minimum Gasteiger partial charge on any atom is -0.383 e. The number of nitrogens with one attached hydrogen (secondary N) is 1. The molecule has 0 saturated heterocycles. The van der Waals surface area contributed by atoms with Gasteiger partial charge >= 0.3 is 0 Å². The second-order valence-corrected chi connectivity index (χ2v) is 3.96. The first kappa shape index (κ1) is 14.1. The van der Waals surface area contributed by atoms with Gasteiger partial charge in [-0.2, -0.15) is 4.98 Å². The molecule has 0 atom stereocenters. The molecular formula is C12H14N4O4. The first-order chi connectivity index (χ1) is 9.72. The second kappa shape index (κ2) is 6.73. The van der Waals surface area contributed by atoms with Crippen molar-refractivity contribution in [1.29, 1.82) is 0 Å². The number of hydrogen-bond donors (Lipinski definition) is 1. The number of nitro groups is 1. The normalized spacial score (nSPS) is 10.7. The van der Waals surface area contributed by atoms with Crippen LogP contribution in [-0.4, -0.2) is 35.3 Å². The van der Waals surface area contributed by atoms with Crippen LogP contribution in [0.5, 0.6) is 0 Å². The number of aromatic nitrogens is 2. The summed E-state index contributed by atoms with van der Waals surface area (Å²) in [6.45, 7) is 1.61. The quantitative estimate of drug-likeness (QED) is 0.463. The Hall–Kier alpha value is -2.32. The molecule has 1 N–H and O–H groups in total. The SMILES string of the molecule is COCCNCc1nc(-c2ccccc2[N+](=O)[O-])no1. The molecule has 8 nitrogen and oxygen atoms in total. The zero-order chi connectivity index (χ0) is 14.4. The predicted octanol–water partition coefficient (Wildman–Crippen LogP) is 1.38. The van der Waals surface area contributed by atoms with Crippen LogP contribution < -0.4 is 5.32 Å². The third-order valence-electron chi connectivity index (χ3n) is 2.57. The van der Waals surface area contributed by atoms with Gasteiger partial charge in [-0.1, -0.05) is 17.3 Å². The van der Waals surface area contributed by atoms with Crippen LogP contribution in [0.1, 0.15) is 5.89 Å². The molecule has 0 radical (unpaired) electrons. The van der Waals surface area contributed by atoms with Crippen LogP contribution >= 0.6 is 0 Å². The summed E-state index contributed by atoms with van der Waals surface area (Å²) in [6.07, 6.45) is 0. The lowest BCUT2D eigenvalue weighted by molar-refractivity contribution is -0.384. The van der Waals surface area contributed by atoms with Crippen molar-refractivity contribution in [3.63, 3.8) is 0 Å². The molecule has 0 bridgehead atoms. The molecule has 2 rings (SSSR count). The van der Waals surface area contributed by atoms with Gasteiger partial charge in [0, 0.05) is 19.7 Å². The molecule has 1 aromatic carbocycles. The molecule has 0 unspecified atom stereocenters. The summed E-state index contributed by atoms with van der Waals surface area (Å²) in [6, 6.07) is 6.28. The Labute approximate surface area is 114 Å². The summed E-state index contributed by atoms with van der Waals surface area (Å²) >= 11 is 0. The van der Waals surface area contributed by atoms with Gasteiger partial charge in [-0.25, -0.2) is 0 Å². The van der Waals surface area contributed by atoms with E-state index in [1.54, 1.807) is 25.3 Å². The van der Waals surface area contributed by atoms with Crippen LogP contribution in [0.3, 0.4) is 0 Å². The Kier molecular flexibility index (Phi) is 4.75. The highest BCUT2D eigenvalue weighted by Gasteiger charge is 2.18. The van der Waals surface area contributed by atoms with Crippen LogP contribution in [-0.2, 0) is 11.3 Å². The summed E-state index contributed by atoms with van der Waals surface area (Å²) in [4.78, 5) is 14.6. The van der Waals surface area contributed by atoms with Gasteiger partial charge in [-0.3, -0.25) is 10.1 Å². The third kappa shape index (κ3) is 3.37. The number of nitro benzene ring substituents is 1. The number of nitrogens with zero attached hydrogens (tertiary/aromatic N) is 3. The van der Waals surface area contributed by atoms with E-state index in [1.165, 1.54) is 6.07 Å². The molecule has 1 heterocycles. The van der Waals surface area contributed by atoms with Crippen LogP contribution in [0.25, 0.3) is 11.4 Å². The summed E-state index contributed by atoms with van der Waals surface area (Å²) in [5.74, 6) is 0.579. The van der Waals surface area contributed by atoms with Crippen molar-refractivity contribution < 1.29 is 14.2 Å². The Morgan fingerprint density at radius 1 is 1.45 bits per heavy atom. The molecular weight excluding hydrogens is 264 g/mol. The van der Waals surface area contributed by atoms with Gasteiger partial charge in [0.1, 0.15) is 5.56 Å². The van der Waals surface area contributed by atoms with E-state index in [0.29, 0.717) is 31.2 Å². The monoisotopic (exact) mass is 278 g/mol. The van der Waals surface area contributed by atoms with E-state index in [9.17, 15) is 10.1 Å². The Morgan fingerprint density at radius 3 is 3.00 bits per heavy atom. The van der Waals surface area contributed by atoms with E-state index >= 15 is 0 Å². The van der Waals surface area contributed by atoms with E-state index in [-0.39, 0.29) is 11.5 Å². The van der Waals surface area contributed by atoms with Crippen LogP contribution in [0.4, 0.5) is 5.69 Å². The molecule has 1 aromatic heterocycles. The topological polar surface area (TPSA) is 103 Å². The van der Waals surface area contributed by atoms with E-state index in [4.69, 9.17) is 9.26 Å². The molecule has 0 aliphatic heterocycles. The van der Waals surface area contributed by atoms with Gasteiger partial charge in [0.15, 0.2) is 0 Å². The summed E-state index contributed by atoms with van der Waals surface area (Å²) in [5, 5.41) is 17.8. The molecule has 0 saturated carbocycles. The van der Waals surface area contributed by atoms with Gasteiger partial charge in [0.2, 0.25) is 11.7 Å². The Morgan fingerprint density at radius 2 is 2.25 bits per heavy atom. The molecule has 0 aliphatic rings. The lowest BCUT2D eigenvalue weighted by Gasteiger charge is -1.98. The first-order valence-electron chi connectivity index (χ1n) is 5.98. The molecule has 0 spiro atoms. The van der Waals surface area contributed by atoms with Gasteiger partial charge in [-0.05, 0) is 6.07 Å². The smallest absolute Gasteiger partial charge is 0.280 e. The fraction of sp³-hybridized carbons (Fsp3) is 0.333. The average molecular weight is 278 g/mol. The van der Waals surface area contributed by atoms with Gasteiger partial charge < -0.3 is 14.6 Å². The van der Waals surface area contributed by atoms with E-state index < -0.39 is 4.92 Å². The number of ether oxygens (including phenoxy) is 1. The molecule has 106 valence electrons. The molecule has 0 aliphatic carbocycles. The van der Waals surface area contributed by atoms with Crippen molar-refractivity contribution in [1.82, 2.24) is 15.5 Å². The van der Waals surface area contributed by atoms with Crippen molar-refractivity contribution in [2.24, 2.45) is 0 Å². The average Bonchev–Trinajstić information content (AvgIpc) is 2.92. The van der Waals surface area contributed by atoms with Crippen molar-refractivity contribution in [3.8, 4) is 11.4 Å². The highest BCUT2D eigenvalue weighted by Crippen LogP contribution is 2.26. The molecule has 20 heavy (non-hydrogen) atoms. The number of hydrogen-bond acceptors (Lipinski definition) is 7. The number of para-hydroxylation sites is 1. The fourth-order valence-electron chi connectivity index (χ4n) is 1.63. The van der Waals surface area contributed by atoms with Crippen LogP contribution in [0, 0.1) is 10.1 Å².